The fourth-order valence-corrected chi connectivity index (χ4v) is 1.00. The molecule has 0 heterocycles. The number of halogens is 2. The van der Waals surface area contributed by atoms with Crippen molar-refractivity contribution in [3.05, 3.63) is 29.6 Å². The van der Waals surface area contributed by atoms with Crippen LogP contribution >= 0.6 is 11.6 Å². The van der Waals surface area contributed by atoms with E-state index < -0.39 is 0 Å². The molecule has 3 N–H and O–H groups in total. The summed E-state index contributed by atoms with van der Waals surface area (Å²) >= 11 is 5.45. The van der Waals surface area contributed by atoms with Crippen LogP contribution in [0.4, 0.5) is 10.1 Å². The molecule has 0 atom stereocenters. The molecule has 11 heavy (non-hydrogen) atoms. The molecule has 60 valence electrons. The molecule has 0 aliphatic rings. The first-order valence-electron chi connectivity index (χ1n) is 3.09. The summed E-state index contributed by atoms with van der Waals surface area (Å²) in [5, 5.41) is 0. The van der Waals surface area contributed by atoms with Crippen LogP contribution in [0, 0.1) is 5.82 Å². The summed E-state index contributed by atoms with van der Waals surface area (Å²) in [4.78, 5) is 0. The average Bonchev–Trinajstić information content (AvgIpc) is 2.05. The van der Waals surface area contributed by atoms with E-state index in [4.69, 9.17) is 17.4 Å². The Balaban J connectivity index is 3.10. The average molecular weight is 175 g/mol. The van der Waals surface area contributed by atoms with Gasteiger partial charge >= 0.3 is 0 Å². The first-order chi connectivity index (χ1) is 5.29. The molecule has 0 aromatic heterocycles. The lowest BCUT2D eigenvalue weighted by atomic mass is 10.2. The van der Waals surface area contributed by atoms with Gasteiger partial charge in [-0.25, -0.2) is 4.39 Å². The van der Waals surface area contributed by atoms with Gasteiger partial charge in [0.1, 0.15) is 0 Å². The van der Waals surface area contributed by atoms with Crippen molar-refractivity contribution in [1.29, 1.82) is 0 Å². The third-order valence-corrected chi connectivity index (χ3v) is 1.67. The number of anilines is 1. The van der Waals surface area contributed by atoms with Gasteiger partial charge in [-0.05, 0) is 6.07 Å². The SMILES string of the molecule is NNc1cccc(CCl)c1F. The number of nitrogens with two attached hydrogens (primary N) is 1. The Morgan fingerprint density at radius 1 is 1.55 bits per heavy atom. The smallest absolute Gasteiger partial charge is 0.151 e. The van der Waals surface area contributed by atoms with Gasteiger partial charge in [0.25, 0.3) is 0 Å². The number of benzene rings is 1. The summed E-state index contributed by atoms with van der Waals surface area (Å²) in [6.07, 6.45) is 0. The van der Waals surface area contributed by atoms with Gasteiger partial charge in [0.2, 0.25) is 0 Å². The predicted molar refractivity (Wildman–Crippen MR) is 43.8 cm³/mol. The van der Waals surface area contributed by atoms with Gasteiger partial charge in [-0.15, -0.1) is 11.6 Å². The third kappa shape index (κ3) is 1.61. The van der Waals surface area contributed by atoms with Gasteiger partial charge in [-0.1, -0.05) is 12.1 Å². The highest BCUT2D eigenvalue weighted by Crippen LogP contribution is 2.17. The van der Waals surface area contributed by atoms with Crippen molar-refractivity contribution in [2.24, 2.45) is 5.84 Å². The van der Waals surface area contributed by atoms with Crippen LogP contribution in [0.15, 0.2) is 18.2 Å². The fourth-order valence-electron chi connectivity index (χ4n) is 0.794. The summed E-state index contributed by atoms with van der Waals surface area (Å²) in [7, 11) is 0. The number of hydrogen-bond donors (Lipinski definition) is 2. The van der Waals surface area contributed by atoms with Crippen molar-refractivity contribution in [2.75, 3.05) is 5.43 Å². The molecule has 0 aliphatic heterocycles. The Bertz CT molecular complexity index is 230. The van der Waals surface area contributed by atoms with E-state index in [-0.39, 0.29) is 17.4 Å². The van der Waals surface area contributed by atoms with Crippen molar-refractivity contribution >= 4 is 17.3 Å². The topological polar surface area (TPSA) is 38.0 Å². The lowest BCUT2D eigenvalue weighted by Gasteiger charge is -2.03. The molecule has 1 aromatic carbocycles. The summed E-state index contributed by atoms with van der Waals surface area (Å²) in [6.45, 7) is 0. The minimum absolute atomic E-state index is 0.154. The molecule has 0 fully saturated rings. The Morgan fingerprint density at radius 2 is 2.27 bits per heavy atom. The van der Waals surface area contributed by atoms with Gasteiger partial charge in [-0.2, -0.15) is 0 Å². The van der Waals surface area contributed by atoms with Gasteiger partial charge in [0.15, 0.2) is 5.82 Å². The van der Waals surface area contributed by atoms with Gasteiger partial charge in [0.05, 0.1) is 11.6 Å². The molecule has 0 saturated carbocycles. The first kappa shape index (κ1) is 8.30. The van der Waals surface area contributed by atoms with Crippen LogP contribution < -0.4 is 11.3 Å². The van der Waals surface area contributed by atoms with E-state index in [1.54, 1.807) is 18.2 Å². The third-order valence-electron chi connectivity index (χ3n) is 1.38. The van der Waals surface area contributed by atoms with E-state index in [9.17, 15) is 4.39 Å². The first-order valence-corrected chi connectivity index (χ1v) is 3.63. The van der Waals surface area contributed by atoms with E-state index in [0.717, 1.165) is 0 Å². The van der Waals surface area contributed by atoms with E-state index in [1.807, 2.05) is 0 Å². The van der Waals surface area contributed by atoms with Crippen molar-refractivity contribution < 1.29 is 4.39 Å². The fraction of sp³-hybridized carbons (Fsp3) is 0.143. The Labute approximate surface area is 69.1 Å². The zero-order chi connectivity index (χ0) is 8.27. The Kier molecular flexibility index (Phi) is 2.68. The molecule has 0 aliphatic carbocycles. The quantitative estimate of drug-likeness (QED) is 0.408. The van der Waals surface area contributed by atoms with Crippen LogP contribution in [0.3, 0.4) is 0 Å². The second-order valence-electron chi connectivity index (χ2n) is 2.06. The van der Waals surface area contributed by atoms with E-state index in [0.29, 0.717) is 5.56 Å². The number of rotatable bonds is 2. The lowest BCUT2D eigenvalue weighted by Crippen LogP contribution is -2.09. The molecule has 0 spiro atoms. The zero-order valence-electron chi connectivity index (χ0n) is 5.77. The van der Waals surface area contributed by atoms with Crippen molar-refractivity contribution in [3.8, 4) is 0 Å². The lowest BCUT2D eigenvalue weighted by molar-refractivity contribution is 0.620. The Hall–Kier alpha value is -0.800. The molecule has 4 heteroatoms. The molecular formula is C7H8ClFN2. The van der Waals surface area contributed by atoms with Crippen LogP contribution in [0.5, 0.6) is 0 Å². The molecule has 0 unspecified atom stereocenters. The summed E-state index contributed by atoms with van der Waals surface area (Å²) in [5.41, 5.74) is 2.95. The van der Waals surface area contributed by atoms with Gasteiger partial charge in [0, 0.05) is 5.56 Å². The predicted octanol–water partition coefficient (Wildman–Crippen LogP) is 1.85. The van der Waals surface area contributed by atoms with Crippen LogP contribution in [0.1, 0.15) is 5.56 Å². The Morgan fingerprint density at radius 3 is 2.82 bits per heavy atom. The second kappa shape index (κ2) is 3.55. The van der Waals surface area contributed by atoms with Crippen LogP contribution in [0.2, 0.25) is 0 Å². The molecule has 0 radical (unpaired) electrons. The minimum atomic E-state index is -0.384. The number of hydrazine groups is 1. The van der Waals surface area contributed by atoms with Crippen LogP contribution in [0.25, 0.3) is 0 Å². The van der Waals surface area contributed by atoms with Gasteiger partial charge < -0.3 is 5.43 Å². The molecule has 2 nitrogen and oxygen atoms in total. The number of nitrogens with one attached hydrogen (secondary N) is 1. The normalized spacial score (nSPS) is 9.73. The maximum atomic E-state index is 13.0. The van der Waals surface area contributed by atoms with Crippen molar-refractivity contribution in [2.45, 2.75) is 5.88 Å². The minimum Gasteiger partial charge on any atom is -0.321 e. The zero-order valence-corrected chi connectivity index (χ0v) is 6.53. The summed E-state index contributed by atoms with van der Waals surface area (Å²) in [6, 6.07) is 4.85. The maximum Gasteiger partial charge on any atom is 0.151 e. The molecule has 0 saturated heterocycles. The monoisotopic (exact) mass is 174 g/mol. The van der Waals surface area contributed by atoms with Crippen LogP contribution in [-0.2, 0) is 5.88 Å². The molecule has 0 bridgehead atoms. The molecular weight excluding hydrogens is 167 g/mol. The van der Waals surface area contributed by atoms with E-state index in [2.05, 4.69) is 5.43 Å². The largest absolute Gasteiger partial charge is 0.321 e. The highest BCUT2D eigenvalue weighted by molar-refractivity contribution is 6.17. The van der Waals surface area contributed by atoms with E-state index >= 15 is 0 Å². The summed E-state index contributed by atoms with van der Waals surface area (Å²) in [5.74, 6) is 4.81. The van der Waals surface area contributed by atoms with E-state index in [1.165, 1.54) is 0 Å². The van der Waals surface area contributed by atoms with Crippen molar-refractivity contribution in [3.63, 3.8) is 0 Å². The van der Waals surface area contributed by atoms with Gasteiger partial charge in [-0.3, -0.25) is 5.84 Å². The molecule has 0 amide bonds. The summed E-state index contributed by atoms with van der Waals surface area (Å²) < 4.78 is 13.0. The second-order valence-corrected chi connectivity index (χ2v) is 2.32. The molecule has 1 aromatic rings. The highest BCUT2D eigenvalue weighted by Gasteiger charge is 2.04. The maximum absolute atomic E-state index is 13.0. The highest BCUT2D eigenvalue weighted by atomic mass is 35.5. The number of alkyl halides is 1. The standard InChI is InChI=1S/C7H8ClFN2/c8-4-5-2-1-3-6(11-10)7(5)9/h1-3,11H,4,10H2. The van der Waals surface area contributed by atoms with Crippen molar-refractivity contribution in [1.82, 2.24) is 0 Å². The molecule has 1 rings (SSSR count). The number of nitrogen functional groups attached to an aromatic ring is 1. The van der Waals surface area contributed by atoms with Crippen LogP contribution in [-0.4, -0.2) is 0 Å². The number of hydrogen-bond acceptors (Lipinski definition) is 2.